The van der Waals surface area contributed by atoms with Crippen LogP contribution in [0.4, 0.5) is 0 Å². The fraction of sp³-hybridized carbons (Fsp3) is 0.579. The first-order chi connectivity index (χ1) is 11.6. The number of carbonyl (C=O) groups is 2. The van der Waals surface area contributed by atoms with Gasteiger partial charge in [0.25, 0.3) is 0 Å². The number of nitrogens with zero attached hydrogens (tertiary/aromatic N) is 2. The van der Waals surface area contributed by atoms with Gasteiger partial charge in [0.15, 0.2) is 0 Å². The minimum atomic E-state index is -0.402. The molecule has 0 bridgehead atoms. The molecule has 5 heteroatoms. The number of hydrogen-bond donors (Lipinski definition) is 0. The third kappa shape index (κ3) is 3.61. The van der Waals surface area contributed by atoms with Crippen LogP contribution in [-0.4, -0.2) is 53.5 Å². The number of likely N-dealkylation sites (tertiary alicyclic amines) is 1. The third-order valence-corrected chi connectivity index (χ3v) is 4.81. The van der Waals surface area contributed by atoms with Crippen LogP contribution in [0.1, 0.15) is 37.8 Å². The fourth-order valence-electron chi connectivity index (χ4n) is 3.47. The lowest BCUT2D eigenvalue weighted by Crippen LogP contribution is -2.54. The molecule has 1 saturated heterocycles. The Bertz CT molecular complexity index is 608. The highest BCUT2D eigenvalue weighted by atomic mass is 16.5. The molecule has 0 aliphatic carbocycles. The molecule has 0 aromatic heterocycles. The van der Waals surface area contributed by atoms with Gasteiger partial charge in [-0.3, -0.25) is 9.59 Å². The van der Waals surface area contributed by atoms with Crippen LogP contribution < -0.4 is 0 Å². The van der Waals surface area contributed by atoms with Crippen molar-refractivity contribution in [2.75, 3.05) is 19.7 Å². The number of rotatable bonds is 4. The summed E-state index contributed by atoms with van der Waals surface area (Å²) in [6.45, 7) is 5.95. The average molecular weight is 330 g/mol. The summed E-state index contributed by atoms with van der Waals surface area (Å²) in [6, 6.07) is 7.67. The van der Waals surface area contributed by atoms with E-state index in [9.17, 15) is 9.59 Å². The molecule has 2 aliphatic heterocycles. The van der Waals surface area contributed by atoms with Crippen molar-refractivity contribution in [1.82, 2.24) is 9.80 Å². The molecular formula is C19H26N2O3. The lowest BCUT2D eigenvalue weighted by Gasteiger charge is -2.38. The maximum Gasteiger partial charge on any atom is 0.249 e. The van der Waals surface area contributed by atoms with E-state index in [0.29, 0.717) is 13.0 Å². The topological polar surface area (TPSA) is 49.9 Å². The monoisotopic (exact) mass is 330 g/mol. The standard InChI is InChI=1S/C19H26N2O3/c1-14(2)24-13-18(22)21-12-16-8-4-3-7-15(16)11-17(21)19(23)20-9-5-6-10-20/h3-4,7-8,14,17H,5-6,9-13H2,1-2H3. The molecule has 1 unspecified atom stereocenters. The van der Waals surface area contributed by atoms with Crippen LogP contribution >= 0.6 is 0 Å². The SMILES string of the molecule is CC(C)OCC(=O)N1Cc2ccccc2CC1C(=O)N1CCCC1. The summed E-state index contributed by atoms with van der Waals surface area (Å²) in [5, 5.41) is 0. The normalized spacial score (nSPS) is 20.4. The second kappa shape index (κ2) is 7.34. The zero-order valence-corrected chi connectivity index (χ0v) is 14.5. The molecule has 0 saturated carbocycles. The van der Waals surface area contributed by atoms with Gasteiger partial charge in [-0.25, -0.2) is 0 Å². The Kier molecular flexibility index (Phi) is 5.19. The van der Waals surface area contributed by atoms with E-state index in [1.54, 1.807) is 4.90 Å². The molecule has 5 nitrogen and oxygen atoms in total. The van der Waals surface area contributed by atoms with Crippen molar-refractivity contribution < 1.29 is 14.3 Å². The molecule has 1 aromatic rings. The maximum absolute atomic E-state index is 13.0. The quantitative estimate of drug-likeness (QED) is 0.848. The summed E-state index contributed by atoms with van der Waals surface area (Å²) < 4.78 is 5.48. The van der Waals surface area contributed by atoms with E-state index in [1.807, 2.05) is 36.9 Å². The third-order valence-electron chi connectivity index (χ3n) is 4.81. The zero-order chi connectivity index (χ0) is 17.1. The van der Waals surface area contributed by atoms with Crippen LogP contribution in [0.15, 0.2) is 24.3 Å². The van der Waals surface area contributed by atoms with Crippen LogP contribution in [0, 0.1) is 0 Å². The summed E-state index contributed by atoms with van der Waals surface area (Å²) >= 11 is 0. The molecule has 1 fully saturated rings. The minimum absolute atomic E-state index is 0.00115. The van der Waals surface area contributed by atoms with Gasteiger partial charge in [-0.2, -0.15) is 0 Å². The second-order valence-corrected chi connectivity index (χ2v) is 6.90. The highest BCUT2D eigenvalue weighted by molar-refractivity contribution is 5.89. The first-order valence-electron chi connectivity index (χ1n) is 8.83. The first kappa shape index (κ1) is 17.0. The molecule has 0 N–H and O–H groups in total. The predicted octanol–water partition coefficient (Wildman–Crippen LogP) is 1.99. The molecule has 24 heavy (non-hydrogen) atoms. The Morgan fingerprint density at radius 1 is 1.17 bits per heavy atom. The second-order valence-electron chi connectivity index (χ2n) is 6.90. The van der Waals surface area contributed by atoms with E-state index in [2.05, 4.69) is 6.07 Å². The van der Waals surface area contributed by atoms with Gasteiger partial charge in [-0.05, 0) is 37.8 Å². The molecule has 2 amide bonds. The summed E-state index contributed by atoms with van der Waals surface area (Å²) in [6.07, 6.45) is 2.71. The van der Waals surface area contributed by atoms with Gasteiger partial charge in [0.05, 0.1) is 6.10 Å². The van der Waals surface area contributed by atoms with Crippen LogP contribution in [-0.2, 0) is 27.3 Å². The van der Waals surface area contributed by atoms with E-state index in [1.165, 1.54) is 5.56 Å². The molecule has 130 valence electrons. The number of ether oxygens (including phenoxy) is 1. The summed E-state index contributed by atoms with van der Waals surface area (Å²) in [5.41, 5.74) is 2.30. The Hall–Kier alpha value is -1.88. The first-order valence-corrected chi connectivity index (χ1v) is 8.83. The zero-order valence-electron chi connectivity index (χ0n) is 14.5. The molecule has 1 atom stereocenters. The van der Waals surface area contributed by atoms with E-state index in [0.717, 1.165) is 31.5 Å². The largest absolute Gasteiger partial charge is 0.369 e. The van der Waals surface area contributed by atoms with Crippen LogP contribution in [0.25, 0.3) is 0 Å². The van der Waals surface area contributed by atoms with Crippen LogP contribution in [0.5, 0.6) is 0 Å². The fourth-order valence-corrected chi connectivity index (χ4v) is 3.47. The predicted molar refractivity (Wildman–Crippen MR) is 91.4 cm³/mol. The average Bonchev–Trinajstić information content (AvgIpc) is 3.12. The number of amides is 2. The van der Waals surface area contributed by atoms with Gasteiger partial charge in [-0.15, -0.1) is 0 Å². The van der Waals surface area contributed by atoms with Crippen molar-refractivity contribution in [2.45, 2.75) is 51.8 Å². The van der Waals surface area contributed by atoms with Crippen molar-refractivity contribution in [3.63, 3.8) is 0 Å². The van der Waals surface area contributed by atoms with E-state index in [-0.39, 0.29) is 24.5 Å². The maximum atomic E-state index is 13.0. The van der Waals surface area contributed by atoms with E-state index < -0.39 is 6.04 Å². The number of hydrogen-bond acceptors (Lipinski definition) is 3. The lowest BCUT2D eigenvalue weighted by atomic mass is 9.93. The molecule has 0 spiro atoms. The van der Waals surface area contributed by atoms with Crippen molar-refractivity contribution in [2.24, 2.45) is 0 Å². The van der Waals surface area contributed by atoms with E-state index >= 15 is 0 Å². The number of carbonyl (C=O) groups excluding carboxylic acids is 2. The summed E-state index contributed by atoms with van der Waals surface area (Å²) in [7, 11) is 0. The Labute approximate surface area is 143 Å². The van der Waals surface area contributed by atoms with Crippen molar-refractivity contribution in [3.8, 4) is 0 Å². The van der Waals surface area contributed by atoms with Gasteiger partial charge < -0.3 is 14.5 Å². The Morgan fingerprint density at radius 3 is 2.50 bits per heavy atom. The minimum Gasteiger partial charge on any atom is -0.369 e. The van der Waals surface area contributed by atoms with Gasteiger partial charge in [0.2, 0.25) is 11.8 Å². The molecule has 0 radical (unpaired) electrons. The molecular weight excluding hydrogens is 304 g/mol. The summed E-state index contributed by atoms with van der Waals surface area (Å²) in [4.78, 5) is 29.2. The number of benzene rings is 1. The highest BCUT2D eigenvalue weighted by Gasteiger charge is 2.37. The smallest absolute Gasteiger partial charge is 0.249 e. The van der Waals surface area contributed by atoms with E-state index in [4.69, 9.17) is 4.74 Å². The van der Waals surface area contributed by atoms with Gasteiger partial charge in [0.1, 0.15) is 12.6 Å². The molecule has 1 aromatic carbocycles. The van der Waals surface area contributed by atoms with Crippen LogP contribution in [0.3, 0.4) is 0 Å². The summed E-state index contributed by atoms with van der Waals surface area (Å²) in [5.74, 6) is -0.0179. The van der Waals surface area contributed by atoms with Gasteiger partial charge in [-0.1, -0.05) is 24.3 Å². The molecule has 2 heterocycles. The van der Waals surface area contributed by atoms with Gasteiger partial charge >= 0.3 is 0 Å². The Balaban J connectivity index is 1.81. The van der Waals surface area contributed by atoms with Crippen molar-refractivity contribution in [3.05, 3.63) is 35.4 Å². The molecule has 3 rings (SSSR count). The number of fused-ring (bicyclic) bond motifs is 1. The van der Waals surface area contributed by atoms with Crippen LogP contribution in [0.2, 0.25) is 0 Å². The van der Waals surface area contributed by atoms with Gasteiger partial charge in [0, 0.05) is 26.1 Å². The highest BCUT2D eigenvalue weighted by Crippen LogP contribution is 2.25. The lowest BCUT2D eigenvalue weighted by molar-refractivity contribution is -0.150. The molecule has 2 aliphatic rings. The Morgan fingerprint density at radius 2 is 1.83 bits per heavy atom. The van der Waals surface area contributed by atoms with Crippen molar-refractivity contribution >= 4 is 11.8 Å². The van der Waals surface area contributed by atoms with Crippen molar-refractivity contribution in [1.29, 1.82) is 0 Å².